The first-order chi connectivity index (χ1) is 10.9. The van der Waals surface area contributed by atoms with Crippen molar-refractivity contribution in [1.82, 2.24) is 0 Å². The van der Waals surface area contributed by atoms with Crippen LogP contribution in [0, 0.1) is 0 Å². The van der Waals surface area contributed by atoms with Crippen LogP contribution in [0.15, 0.2) is 36.4 Å². The first kappa shape index (κ1) is 16.6. The average molecular weight is 336 g/mol. The van der Waals surface area contributed by atoms with Crippen LogP contribution in [-0.2, 0) is 15.6 Å². The molecule has 0 aliphatic rings. The number of rotatable bonds is 6. The van der Waals surface area contributed by atoms with E-state index in [-0.39, 0.29) is 23.5 Å². The van der Waals surface area contributed by atoms with Gasteiger partial charge in [0.05, 0.1) is 0 Å². The third-order valence-corrected chi connectivity index (χ3v) is 3.46. The number of Topliss-reactive ketones (excluding diaryl/α,β-unsaturated/α-hetero) is 1. The lowest BCUT2D eigenvalue weighted by atomic mass is 10.0. The minimum absolute atomic E-state index is 0.0158. The largest absolute Gasteiger partial charge is 0.529 e. The fourth-order valence-corrected chi connectivity index (χ4v) is 2.36. The number of benzene rings is 2. The van der Waals surface area contributed by atoms with Crippen LogP contribution in [0.1, 0.15) is 22.3 Å². The van der Waals surface area contributed by atoms with Crippen LogP contribution in [0.25, 0.3) is 0 Å². The van der Waals surface area contributed by atoms with Crippen LogP contribution in [-0.4, -0.2) is 21.1 Å². The van der Waals surface area contributed by atoms with E-state index < -0.39 is 25.2 Å². The minimum atomic E-state index is -2.98. The van der Waals surface area contributed by atoms with Crippen LogP contribution in [0.4, 0.5) is 0 Å². The SMILES string of the molecule is O=C(CCc1ccc(OP(=O)=O)cc1)c1c(O)cc(O)cc1O. The maximum atomic E-state index is 12.1. The van der Waals surface area contributed by atoms with Crippen molar-refractivity contribution < 1.29 is 33.8 Å². The normalized spacial score (nSPS) is 10.3. The summed E-state index contributed by atoms with van der Waals surface area (Å²) in [7, 11) is -2.98. The molecule has 0 fully saturated rings. The number of phenols is 3. The third kappa shape index (κ3) is 4.34. The number of ketones is 1. The van der Waals surface area contributed by atoms with E-state index in [0.717, 1.165) is 17.7 Å². The molecule has 7 nitrogen and oxygen atoms in total. The molecule has 3 N–H and O–H groups in total. The quantitative estimate of drug-likeness (QED) is 0.547. The van der Waals surface area contributed by atoms with Crippen molar-refractivity contribution >= 4 is 13.7 Å². The second-order valence-electron chi connectivity index (χ2n) is 4.74. The summed E-state index contributed by atoms with van der Waals surface area (Å²) in [6, 6.07) is 8.09. The Labute approximate surface area is 131 Å². The molecule has 0 saturated carbocycles. The number of carbonyl (C=O) groups is 1. The molecule has 2 aromatic carbocycles. The molecule has 23 heavy (non-hydrogen) atoms. The number of carbonyl (C=O) groups excluding carboxylic acids is 1. The molecule has 0 aromatic heterocycles. The second kappa shape index (κ2) is 6.98. The van der Waals surface area contributed by atoms with Gasteiger partial charge >= 0.3 is 7.91 Å². The average Bonchev–Trinajstić information content (AvgIpc) is 2.45. The van der Waals surface area contributed by atoms with E-state index in [1.165, 1.54) is 12.1 Å². The van der Waals surface area contributed by atoms with Gasteiger partial charge in [-0.1, -0.05) is 12.1 Å². The Morgan fingerprint density at radius 2 is 1.57 bits per heavy atom. The highest BCUT2D eigenvalue weighted by Crippen LogP contribution is 2.33. The monoisotopic (exact) mass is 336 g/mol. The zero-order valence-corrected chi connectivity index (χ0v) is 12.7. The number of aromatic hydroxyl groups is 3. The van der Waals surface area contributed by atoms with Gasteiger partial charge in [0.15, 0.2) is 5.78 Å². The van der Waals surface area contributed by atoms with Crippen LogP contribution in [0.3, 0.4) is 0 Å². The van der Waals surface area contributed by atoms with Gasteiger partial charge in [-0.25, -0.2) is 0 Å². The van der Waals surface area contributed by atoms with E-state index in [4.69, 9.17) is 0 Å². The number of aryl methyl sites for hydroxylation is 1. The van der Waals surface area contributed by atoms with E-state index in [9.17, 15) is 29.2 Å². The van der Waals surface area contributed by atoms with Crippen molar-refractivity contribution in [3.63, 3.8) is 0 Å². The van der Waals surface area contributed by atoms with Crippen molar-refractivity contribution in [1.29, 1.82) is 0 Å². The van der Waals surface area contributed by atoms with Gasteiger partial charge in [0, 0.05) is 18.6 Å². The first-order valence-corrected chi connectivity index (χ1v) is 7.66. The Morgan fingerprint density at radius 1 is 1.00 bits per heavy atom. The molecule has 0 aliphatic carbocycles. The van der Waals surface area contributed by atoms with Gasteiger partial charge in [-0.05, 0) is 24.1 Å². The topological polar surface area (TPSA) is 121 Å². The molecule has 0 radical (unpaired) electrons. The maximum Gasteiger partial charge on any atom is 0.529 e. The van der Waals surface area contributed by atoms with Crippen molar-refractivity contribution in [2.24, 2.45) is 0 Å². The van der Waals surface area contributed by atoms with Crippen LogP contribution < -0.4 is 4.52 Å². The van der Waals surface area contributed by atoms with E-state index >= 15 is 0 Å². The van der Waals surface area contributed by atoms with Gasteiger partial charge in [0.1, 0.15) is 28.6 Å². The highest BCUT2D eigenvalue weighted by atomic mass is 31.1. The van der Waals surface area contributed by atoms with E-state index in [1.807, 2.05) is 0 Å². The fourth-order valence-electron chi connectivity index (χ4n) is 2.07. The zero-order chi connectivity index (χ0) is 17.0. The Balaban J connectivity index is 2.05. The molecule has 120 valence electrons. The summed E-state index contributed by atoms with van der Waals surface area (Å²) in [6.07, 6.45) is 0.338. The van der Waals surface area contributed by atoms with Crippen LogP contribution in [0.5, 0.6) is 23.0 Å². The molecular weight excluding hydrogens is 323 g/mol. The zero-order valence-electron chi connectivity index (χ0n) is 11.8. The predicted octanol–water partition coefficient (Wildman–Crippen LogP) is 3.09. The number of hydrogen-bond donors (Lipinski definition) is 3. The fraction of sp³-hybridized carbons (Fsp3) is 0.133. The molecule has 2 rings (SSSR count). The molecule has 8 heteroatoms. The lowest BCUT2D eigenvalue weighted by Crippen LogP contribution is -2.02. The van der Waals surface area contributed by atoms with Crippen molar-refractivity contribution in [3.8, 4) is 23.0 Å². The lowest BCUT2D eigenvalue weighted by molar-refractivity contribution is 0.0977. The van der Waals surface area contributed by atoms with Crippen LogP contribution in [0.2, 0.25) is 0 Å². The minimum Gasteiger partial charge on any atom is -0.508 e. The molecule has 0 unspecified atom stereocenters. The highest BCUT2D eigenvalue weighted by Gasteiger charge is 2.17. The summed E-state index contributed by atoms with van der Waals surface area (Å²) in [6.45, 7) is 0. The van der Waals surface area contributed by atoms with Gasteiger partial charge in [0.2, 0.25) is 0 Å². The highest BCUT2D eigenvalue weighted by molar-refractivity contribution is 7.25. The summed E-state index contributed by atoms with van der Waals surface area (Å²) in [5.74, 6) is -1.64. The summed E-state index contributed by atoms with van der Waals surface area (Å²) in [4.78, 5) is 12.1. The van der Waals surface area contributed by atoms with Gasteiger partial charge in [0.25, 0.3) is 0 Å². The Bertz CT molecular complexity index is 763. The molecule has 0 spiro atoms. The van der Waals surface area contributed by atoms with E-state index in [2.05, 4.69) is 4.52 Å². The molecule has 0 aliphatic heterocycles. The van der Waals surface area contributed by atoms with Gasteiger partial charge < -0.3 is 19.8 Å². The molecular formula is C15H13O7P. The van der Waals surface area contributed by atoms with Gasteiger partial charge in [-0.2, -0.15) is 9.13 Å². The van der Waals surface area contributed by atoms with Crippen molar-refractivity contribution in [3.05, 3.63) is 47.5 Å². The number of hydrogen-bond acceptors (Lipinski definition) is 7. The smallest absolute Gasteiger partial charge is 0.508 e. The molecule has 0 heterocycles. The molecule has 2 aromatic rings. The summed E-state index contributed by atoms with van der Waals surface area (Å²) in [5, 5.41) is 28.5. The van der Waals surface area contributed by atoms with Gasteiger partial charge in [-0.15, -0.1) is 0 Å². The molecule has 0 saturated heterocycles. The Morgan fingerprint density at radius 3 is 2.09 bits per heavy atom. The Hall–Kier alpha value is -2.79. The van der Waals surface area contributed by atoms with Crippen molar-refractivity contribution in [2.45, 2.75) is 12.8 Å². The summed E-state index contributed by atoms with van der Waals surface area (Å²) >= 11 is 0. The summed E-state index contributed by atoms with van der Waals surface area (Å²) < 4.78 is 25.3. The lowest BCUT2D eigenvalue weighted by Gasteiger charge is -2.07. The van der Waals surface area contributed by atoms with E-state index in [1.54, 1.807) is 12.1 Å². The van der Waals surface area contributed by atoms with Crippen LogP contribution >= 0.6 is 7.91 Å². The standard InChI is InChI=1S/C15H13O7P/c16-10-7-13(18)15(14(19)8-10)12(17)6-3-9-1-4-11(5-2-9)22-23(20)21/h1-2,4-5,7-8,16,18-19H,3,6H2. The molecule has 0 atom stereocenters. The molecule has 0 bridgehead atoms. The van der Waals surface area contributed by atoms with Crippen molar-refractivity contribution in [2.75, 3.05) is 0 Å². The van der Waals surface area contributed by atoms with E-state index in [0.29, 0.717) is 6.42 Å². The maximum absolute atomic E-state index is 12.1. The second-order valence-corrected chi connectivity index (χ2v) is 5.37. The first-order valence-electron chi connectivity index (χ1n) is 6.56. The third-order valence-electron chi connectivity index (χ3n) is 3.10. The summed E-state index contributed by atoms with van der Waals surface area (Å²) in [5.41, 5.74) is 0.510. The Kier molecular flexibility index (Phi) is 5.03. The molecule has 0 amide bonds. The number of phenolic OH excluding ortho intramolecular Hbond substituents is 3. The predicted molar refractivity (Wildman–Crippen MR) is 79.5 cm³/mol. The van der Waals surface area contributed by atoms with Gasteiger partial charge in [-0.3, -0.25) is 4.79 Å².